The topological polar surface area (TPSA) is 122 Å². The van der Waals surface area contributed by atoms with Crippen LogP contribution in [0.15, 0.2) is 36.0 Å². The molecule has 0 amide bonds. The number of hydrogen-bond donors (Lipinski definition) is 1. The van der Waals surface area contributed by atoms with Crippen molar-refractivity contribution in [2.45, 2.75) is 169 Å². The molecule has 10 nitrogen and oxygen atoms in total. The lowest BCUT2D eigenvalue weighted by Crippen LogP contribution is -2.46. The Labute approximate surface area is 289 Å². The molecule has 0 bridgehead atoms. The molecule has 2 heterocycles. The Morgan fingerprint density at radius 1 is 1.12 bits per heavy atom. The van der Waals surface area contributed by atoms with Gasteiger partial charge in [-0.15, -0.1) is 0 Å². The van der Waals surface area contributed by atoms with E-state index in [1.165, 1.54) is 6.92 Å². The van der Waals surface area contributed by atoms with Gasteiger partial charge < -0.3 is 38.3 Å². The van der Waals surface area contributed by atoms with Crippen LogP contribution in [0.5, 0.6) is 0 Å². The van der Waals surface area contributed by atoms with Gasteiger partial charge in [0.25, 0.3) is 0 Å². The summed E-state index contributed by atoms with van der Waals surface area (Å²) in [7, 11) is 0. The highest BCUT2D eigenvalue weighted by molar-refractivity contribution is 5.70. The Hall–Kier alpha value is -2.08. The van der Waals surface area contributed by atoms with Gasteiger partial charge in [-0.3, -0.25) is 9.59 Å². The minimum Gasteiger partial charge on any atom is -0.457 e. The maximum Gasteiger partial charge on any atom is 0.309 e. The molecular formula is C38H64O10. The molecule has 0 aromatic rings. The van der Waals surface area contributed by atoms with Crippen LogP contribution < -0.4 is 0 Å². The first-order chi connectivity index (χ1) is 22.6. The third-order valence-corrected chi connectivity index (χ3v) is 9.23. The second-order valence-electron chi connectivity index (χ2n) is 14.0. The molecule has 10 atom stereocenters. The molecular weight excluding hydrogens is 616 g/mol. The van der Waals surface area contributed by atoms with Gasteiger partial charge >= 0.3 is 11.9 Å². The Morgan fingerprint density at radius 2 is 1.79 bits per heavy atom. The van der Waals surface area contributed by atoms with Crippen molar-refractivity contribution in [3.8, 4) is 0 Å². The lowest BCUT2D eigenvalue weighted by atomic mass is 9.79. The zero-order valence-corrected chi connectivity index (χ0v) is 31.4. The van der Waals surface area contributed by atoms with Crippen LogP contribution in [-0.4, -0.2) is 85.1 Å². The summed E-state index contributed by atoms with van der Waals surface area (Å²) in [5.41, 5.74) is -0.293. The molecule has 1 N–H and O–H groups in total. The Bertz CT molecular complexity index is 1080. The first kappa shape index (κ1) is 42.1. The largest absolute Gasteiger partial charge is 0.457 e. The molecule has 0 aromatic heterocycles. The van der Waals surface area contributed by atoms with Gasteiger partial charge in [0.05, 0.1) is 30.8 Å². The molecule has 2 aliphatic heterocycles. The predicted octanol–water partition coefficient (Wildman–Crippen LogP) is 6.98. The van der Waals surface area contributed by atoms with Crippen molar-refractivity contribution in [1.82, 2.24) is 0 Å². The average Bonchev–Trinajstić information content (AvgIpc) is 3.77. The summed E-state index contributed by atoms with van der Waals surface area (Å²) in [6.07, 6.45) is 9.50. The van der Waals surface area contributed by atoms with E-state index >= 15 is 0 Å². The van der Waals surface area contributed by atoms with Crippen molar-refractivity contribution in [2.75, 3.05) is 13.2 Å². The predicted molar refractivity (Wildman–Crippen MR) is 185 cm³/mol. The fourth-order valence-electron chi connectivity index (χ4n) is 6.48. The fourth-order valence-corrected chi connectivity index (χ4v) is 6.48. The zero-order valence-electron chi connectivity index (χ0n) is 31.4. The third kappa shape index (κ3) is 13.7. The molecule has 2 rings (SSSR count). The number of epoxide rings is 1. The molecule has 10 unspecified atom stereocenters. The summed E-state index contributed by atoms with van der Waals surface area (Å²) in [5, 5.41) is 10.7. The number of rotatable bonds is 17. The van der Waals surface area contributed by atoms with Crippen molar-refractivity contribution in [1.29, 1.82) is 0 Å². The van der Waals surface area contributed by atoms with Crippen LogP contribution in [0, 0.1) is 11.3 Å². The van der Waals surface area contributed by atoms with E-state index in [-0.39, 0.29) is 48.8 Å². The van der Waals surface area contributed by atoms with Crippen molar-refractivity contribution >= 4 is 11.9 Å². The van der Waals surface area contributed by atoms with Gasteiger partial charge in [-0.05, 0) is 84.8 Å². The van der Waals surface area contributed by atoms with E-state index in [4.69, 9.17) is 33.2 Å². The van der Waals surface area contributed by atoms with Crippen molar-refractivity contribution in [3.63, 3.8) is 0 Å². The second kappa shape index (κ2) is 19.9. The van der Waals surface area contributed by atoms with Crippen molar-refractivity contribution < 1.29 is 47.9 Å². The number of aliphatic hydroxyl groups is 1. The summed E-state index contributed by atoms with van der Waals surface area (Å²) < 4.78 is 41.4. The first-order valence-corrected chi connectivity index (χ1v) is 17.8. The fraction of sp³-hybridized carbons (Fsp3) is 0.789. The van der Waals surface area contributed by atoms with Gasteiger partial charge in [0.2, 0.25) is 0 Å². The Kier molecular flexibility index (Phi) is 17.5. The SMILES string of the molecule is CCOC(C)OC(CC)C(C)(C)C1OC1CC(C)/C=C/C=C(\C)C1C/C=C\C(OC(C)=O)C(C)(OC(C)OCC)CCC(O)CC(=O)O1. The van der Waals surface area contributed by atoms with Crippen molar-refractivity contribution in [3.05, 3.63) is 36.0 Å². The first-order valence-electron chi connectivity index (χ1n) is 17.8. The van der Waals surface area contributed by atoms with Crippen LogP contribution in [0.2, 0.25) is 0 Å². The summed E-state index contributed by atoms with van der Waals surface area (Å²) in [5.74, 6) is -0.660. The molecule has 10 heteroatoms. The van der Waals surface area contributed by atoms with Crippen LogP contribution in [-0.2, 0) is 42.7 Å². The number of cyclic esters (lactones) is 1. The number of hydrogen-bond acceptors (Lipinski definition) is 10. The third-order valence-electron chi connectivity index (χ3n) is 9.23. The van der Waals surface area contributed by atoms with E-state index in [2.05, 4.69) is 33.8 Å². The summed E-state index contributed by atoms with van der Waals surface area (Å²) >= 11 is 0. The van der Waals surface area contributed by atoms with Crippen LogP contribution >= 0.6 is 0 Å². The number of carbonyl (C=O) groups excluding carboxylic acids is 2. The van der Waals surface area contributed by atoms with Crippen LogP contribution in [0.25, 0.3) is 0 Å². The molecule has 48 heavy (non-hydrogen) atoms. The molecule has 2 aliphatic rings. The quantitative estimate of drug-likeness (QED) is 0.0566. The number of carbonyl (C=O) groups is 2. The molecule has 1 fully saturated rings. The highest BCUT2D eigenvalue weighted by atomic mass is 16.7. The van der Waals surface area contributed by atoms with Gasteiger partial charge in [-0.1, -0.05) is 52.0 Å². The highest BCUT2D eigenvalue weighted by Crippen LogP contribution is 2.45. The summed E-state index contributed by atoms with van der Waals surface area (Å²) in [4.78, 5) is 24.9. The maximum atomic E-state index is 12.8. The lowest BCUT2D eigenvalue weighted by Gasteiger charge is -2.38. The maximum absolute atomic E-state index is 12.8. The number of esters is 2. The van der Waals surface area contributed by atoms with E-state index in [1.807, 2.05) is 52.8 Å². The van der Waals surface area contributed by atoms with E-state index in [0.717, 1.165) is 18.4 Å². The summed E-state index contributed by atoms with van der Waals surface area (Å²) in [6.45, 7) is 22.4. The molecule has 0 saturated carbocycles. The minimum absolute atomic E-state index is 0.0264. The number of ether oxygens (including phenoxy) is 7. The minimum atomic E-state index is -0.994. The van der Waals surface area contributed by atoms with Crippen LogP contribution in [0.4, 0.5) is 0 Å². The Morgan fingerprint density at radius 3 is 2.42 bits per heavy atom. The number of allylic oxidation sites excluding steroid dienone is 3. The van der Waals surface area contributed by atoms with Gasteiger partial charge in [-0.25, -0.2) is 0 Å². The molecule has 276 valence electrons. The van der Waals surface area contributed by atoms with Crippen LogP contribution in [0.1, 0.15) is 115 Å². The average molecular weight is 681 g/mol. The number of aliphatic hydroxyl groups excluding tert-OH is 1. The normalized spacial score (nSPS) is 30.8. The standard InChI is InChI=1S/C38H64O10/c1-12-33(45-28(7)42-13-2)37(9,10)36-32(47-36)23-25(4)17-15-18-26(5)31-19-16-20-34(44-27(6)39)38(11,48-29(8)43-14-3)22-21-30(40)24-35(41)46-31/h15-18,20,25,28-34,36,40H,12-14,19,21-24H2,1-11H3/b17-15+,20-16-,26-18+. The van der Waals surface area contributed by atoms with Gasteiger partial charge in [0.1, 0.15) is 17.8 Å². The smallest absolute Gasteiger partial charge is 0.309 e. The lowest BCUT2D eigenvalue weighted by molar-refractivity contribution is -0.227. The highest BCUT2D eigenvalue weighted by Gasteiger charge is 2.53. The summed E-state index contributed by atoms with van der Waals surface area (Å²) in [6, 6.07) is 0. The Balaban J connectivity index is 2.13. The molecule has 1 saturated heterocycles. The van der Waals surface area contributed by atoms with E-state index in [1.54, 1.807) is 13.0 Å². The van der Waals surface area contributed by atoms with Crippen molar-refractivity contribution in [2.24, 2.45) is 11.3 Å². The van der Waals surface area contributed by atoms with Gasteiger partial charge in [-0.2, -0.15) is 0 Å². The van der Waals surface area contributed by atoms with E-state index in [9.17, 15) is 14.7 Å². The van der Waals surface area contributed by atoms with Crippen LogP contribution in [0.3, 0.4) is 0 Å². The molecule has 0 spiro atoms. The van der Waals surface area contributed by atoms with Gasteiger partial charge in [0.15, 0.2) is 12.6 Å². The molecule has 0 radical (unpaired) electrons. The second-order valence-corrected chi connectivity index (χ2v) is 14.0. The zero-order chi connectivity index (χ0) is 36.1. The van der Waals surface area contributed by atoms with E-state index < -0.39 is 42.1 Å². The molecule has 0 aromatic carbocycles. The monoisotopic (exact) mass is 680 g/mol. The molecule has 0 aliphatic carbocycles. The van der Waals surface area contributed by atoms with Gasteiger partial charge in [0, 0.05) is 32.0 Å². The van der Waals surface area contributed by atoms with E-state index in [0.29, 0.717) is 26.1 Å².